The number of carbonyl (C=O) groups is 2. The van der Waals surface area contributed by atoms with Gasteiger partial charge in [0.25, 0.3) is 0 Å². The maximum atomic E-state index is 12.1. The minimum Gasteiger partial charge on any atom is -0.463 e. The van der Waals surface area contributed by atoms with E-state index in [4.69, 9.17) is 13.8 Å². The van der Waals surface area contributed by atoms with Gasteiger partial charge in [-0.25, -0.2) is 4.57 Å². The normalized spacial score (nSPS) is 13.7. The molecule has 0 aliphatic rings. The van der Waals surface area contributed by atoms with E-state index in [1.54, 1.807) is 0 Å². The average molecular weight is 796 g/mol. The van der Waals surface area contributed by atoms with Crippen molar-refractivity contribution in [3.63, 3.8) is 0 Å². The van der Waals surface area contributed by atoms with E-state index in [2.05, 4.69) is 67.8 Å². The second-order valence-electron chi connectivity index (χ2n) is 14.6. The van der Waals surface area contributed by atoms with E-state index in [0.717, 1.165) is 77.0 Å². The van der Waals surface area contributed by atoms with Crippen LogP contribution in [0.3, 0.4) is 0 Å². The summed E-state index contributed by atoms with van der Waals surface area (Å²) in [5, 5.41) is 12.7. The maximum absolute atomic E-state index is 12.1. The monoisotopic (exact) mass is 796 g/mol. The Bertz CT molecular complexity index is 1040. The average Bonchev–Trinajstić information content (AvgIpc) is 3.17. The molecule has 2 atom stereocenters. The van der Waals surface area contributed by atoms with Crippen molar-refractivity contribution in [1.82, 2.24) is 5.32 Å². The number of nitrogens with one attached hydrogen (secondary N) is 1. The van der Waals surface area contributed by atoms with Gasteiger partial charge in [0.05, 0.1) is 13.2 Å². The number of rotatable bonds is 41. The highest BCUT2D eigenvalue weighted by Crippen LogP contribution is 2.42. The Labute approximate surface area is 336 Å². The first-order chi connectivity index (χ1) is 26.8. The summed E-state index contributed by atoms with van der Waals surface area (Å²) in [6.07, 6.45) is 47.5. The summed E-state index contributed by atoms with van der Waals surface area (Å²) in [4.78, 5) is 33.9. The van der Waals surface area contributed by atoms with E-state index in [-0.39, 0.29) is 32.1 Å². The number of esters is 1. The molecule has 2 unspecified atom stereocenters. The van der Waals surface area contributed by atoms with Crippen LogP contribution < -0.4 is 5.32 Å². The highest BCUT2D eigenvalue weighted by atomic mass is 31.2. The molecule has 9 nitrogen and oxygen atoms in total. The SMILES string of the molecule is CC/C=C\C/C=C\C/C=C\CCCCCCCC(=O)NCCOP(=O)(O)OCC(O)COC(=O)CCCCCCCCCCC/C=C/CCCCCCCC. The quantitative estimate of drug-likeness (QED) is 0.0241. The van der Waals surface area contributed by atoms with Crippen LogP contribution in [0, 0.1) is 0 Å². The summed E-state index contributed by atoms with van der Waals surface area (Å²) in [6.45, 7) is 3.42. The maximum Gasteiger partial charge on any atom is 0.472 e. The molecule has 0 rings (SSSR count). The molecule has 0 bridgehead atoms. The Morgan fingerprint density at radius 1 is 0.582 bits per heavy atom. The fourth-order valence-electron chi connectivity index (χ4n) is 5.92. The lowest BCUT2D eigenvalue weighted by molar-refractivity contribution is -0.147. The van der Waals surface area contributed by atoms with Crippen LogP contribution in [0.1, 0.15) is 194 Å². The number of aliphatic hydroxyl groups is 1. The number of allylic oxidation sites excluding steroid dienone is 8. The standard InChI is InChI=1S/C45H82NO8P/c1-3-5-7-9-11-13-15-17-19-20-21-22-24-26-28-30-32-34-36-38-45(49)52-41-43(47)42-54-55(50,51)53-40-39-46-44(48)37-35-33-31-29-27-25-23-18-16-14-12-10-8-6-4-2/h6,8,12,14,17-19,23,43,47H,3-5,7,9-11,13,15-16,20-22,24-42H2,1-2H3,(H,46,48)(H,50,51)/b8-6-,14-12-,19-17+,23-18-. The van der Waals surface area contributed by atoms with Crippen LogP contribution in [0.25, 0.3) is 0 Å². The first-order valence-electron chi connectivity index (χ1n) is 22.1. The molecule has 0 saturated carbocycles. The fourth-order valence-corrected chi connectivity index (χ4v) is 6.68. The van der Waals surface area contributed by atoms with Gasteiger partial charge in [-0.1, -0.05) is 159 Å². The number of hydrogen-bond acceptors (Lipinski definition) is 7. The van der Waals surface area contributed by atoms with E-state index in [9.17, 15) is 24.2 Å². The van der Waals surface area contributed by atoms with Crippen LogP contribution >= 0.6 is 7.82 Å². The molecule has 0 fully saturated rings. The van der Waals surface area contributed by atoms with Crippen molar-refractivity contribution in [2.75, 3.05) is 26.4 Å². The largest absolute Gasteiger partial charge is 0.472 e. The predicted octanol–water partition coefficient (Wildman–Crippen LogP) is 12.3. The number of phosphoric ester groups is 1. The lowest BCUT2D eigenvalue weighted by atomic mass is 10.1. The van der Waals surface area contributed by atoms with Crippen LogP contribution in [0.5, 0.6) is 0 Å². The molecule has 10 heteroatoms. The van der Waals surface area contributed by atoms with E-state index < -0.39 is 26.5 Å². The first-order valence-corrected chi connectivity index (χ1v) is 23.6. The second-order valence-corrected chi connectivity index (χ2v) is 16.1. The lowest BCUT2D eigenvalue weighted by Gasteiger charge is -2.15. The predicted molar refractivity (Wildman–Crippen MR) is 229 cm³/mol. The van der Waals surface area contributed by atoms with E-state index in [0.29, 0.717) is 6.42 Å². The first kappa shape index (κ1) is 53.0. The Balaban J connectivity index is 3.61. The van der Waals surface area contributed by atoms with Gasteiger partial charge in [-0.05, 0) is 70.6 Å². The van der Waals surface area contributed by atoms with Crippen molar-refractivity contribution in [2.45, 2.75) is 200 Å². The molecule has 0 spiro atoms. The molecular weight excluding hydrogens is 713 g/mol. The topological polar surface area (TPSA) is 131 Å². The molecule has 0 aromatic heterocycles. The van der Waals surface area contributed by atoms with Gasteiger partial charge in [0.1, 0.15) is 12.7 Å². The summed E-state index contributed by atoms with van der Waals surface area (Å²) in [7, 11) is -4.42. The molecule has 0 radical (unpaired) electrons. The molecule has 0 aliphatic heterocycles. The van der Waals surface area contributed by atoms with Crippen LogP contribution in [-0.4, -0.2) is 54.3 Å². The number of phosphoric acid groups is 1. The van der Waals surface area contributed by atoms with Gasteiger partial charge in [0.15, 0.2) is 0 Å². The molecule has 0 aliphatic carbocycles. The van der Waals surface area contributed by atoms with Gasteiger partial charge in [-0.3, -0.25) is 18.6 Å². The van der Waals surface area contributed by atoms with Crippen molar-refractivity contribution in [3.05, 3.63) is 48.6 Å². The number of aliphatic hydroxyl groups excluding tert-OH is 1. The number of ether oxygens (including phenoxy) is 1. The molecule has 0 saturated heterocycles. The van der Waals surface area contributed by atoms with Crippen molar-refractivity contribution in [3.8, 4) is 0 Å². The Kier molecular flexibility index (Phi) is 40.1. The Hall–Kier alpha value is -2.03. The van der Waals surface area contributed by atoms with Crippen LogP contribution in [0.4, 0.5) is 0 Å². The van der Waals surface area contributed by atoms with Gasteiger partial charge in [-0.15, -0.1) is 0 Å². The van der Waals surface area contributed by atoms with Crippen molar-refractivity contribution >= 4 is 19.7 Å². The summed E-state index contributed by atoms with van der Waals surface area (Å²) in [5.74, 6) is -0.536. The molecule has 1 amide bonds. The Morgan fingerprint density at radius 3 is 1.58 bits per heavy atom. The van der Waals surface area contributed by atoms with Gasteiger partial charge in [0.2, 0.25) is 5.91 Å². The molecule has 0 heterocycles. The number of unbranched alkanes of at least 4 members (excludes halogenated alkanes) is 20. The highest BCUT2D eigenvalue weighted by Gasteiger charge is 2.23. The minimum absolute atomic E-state index is 0.0708. The summed E-state index contributed by atoms with van der Waals surface area (Å²) in [6, 6.07) is 0. The van der Waals surface area contributed by atoms with Gasteiger partial charge >= 0.3 is 13.8 Å². The fraction of sp³-hybridized carbons (Fsp3) is 0.778. The smallest absolute Gasteiger partial charge is 0.463 e. The zero-order chi connectivity index (χ0) is 40.3. The third-order valence-electron chi connectivity index (χ3n) is 9.24. The molecule has 320 valence electrons. The Morgan fingerprint density at radius 2 is 1.04 bits per heavy atom. The van der Waals surface area contributed by atoms with Gasteiger partial charge in [0, 0.05) is 19.4 Å². The van der Waals surface area contributed by atoms with Crippen LogP contribution in [0.2, 0.25) is 0 Å². The number of carbonyl (C=O) groups excluding carboxylic acids is 2. The molecule has 3 N–H and O–H groups in total. The van der Waals surface area contributed by atoms with E-state index in [1.165, 1.54) is 89.9 Å². The molecule has 55 heavy (non-hydrogen) atoms. The van der Waals surface area contributed by atoms with Crippen LogP contribution in [-0.2, 0) is 27.9 Å². The van der Waals surface area contributed by atoms with Gasteiger partial charge < -0.3 is 20.1 Å². The molecular formula is C45H82NO8P. The number of amides is 1. The third-order valence-corrected chi connectivity index (χ3v) is 10.2. The highest BCUT2D eigenvalue weighted by molar-refractivity contribution is 7.47. The van der Waals surface area contributed by atoms with Crippen molar-refractivity contribution < 1.29 is 37.9 Å². The summed E-state index contributed by atoms with van der Waals surface area (Å²) in [5.41, 5.74) is 0. The van der Waals surface area contributed by atoms with Crippen LogP contribution in [0.15, 0.2) is 48.6 Å². The number of hydrogen-bond donors (Lipinski definition) is 3. The molecule has 0 aromatic carbocycles. The zero-order valence-electron chi connectivity index (χ0n) is 35.1. The lowest BCUT2D eigenvalue weighted by Crippen LogP contribution is -2.27. The van der Waals surface area contributed by atoms with E-state index in [1.807, 2.05) is 0 Å². The summed E-state index contributed by atoms with van der Waals surface area (Å²) < 4.78 is 26.9. The minimum atomic E-state index is -4.42. The summed E-state index contributed by atoms with van der Waals surface area (Å²) >= 11 is 0. The van der Waals surface area contributed by atoms with E-state index >= 15 is 0 Å². The van der Waals surface area contributed by atoms with Gasteiger partial charge in [-0.2, -0.15) is 0 Å². The van der Waals surface area contributed by atoms with Crippen molar-refractivity contribution in [2.24, 2.45) is 0 Å². The third kappa shape index (κ3) is 42.9. The molecule has 0 aromatic rings. The zero-order valence-corrected chi connectivity index (χ0v) is 36.0. The second kappa shape index (κ2) is 41.6. The van der Waals surface area contributed by atoms with Crippen molar-refractivity contribution in [1.29, 1.82) is 0 Å².